The lowest BCUT2D eigenvalue weighted by molar-refractivity contribution is -0.130. The second kappa shape index (κ2) is 13.5. The first-order valence-electron chi connectivity index (χ1n) is 13.0. The van der Waals surface area contributed by atoms with Gasteiger partial charge in [0.1, 0.15) is 6.04 Å². The number of hydrogen-bond donors (Lipinski definition) is 3. The van der Waals surface area contributed by atoms with Crippen molar-refractivity contribution in [3.05, 3.63) is 96.1 Å². The van der Waals surface area contributed by atoms with Crippen LogP contribution in [-0.2, 0) is 16.0 Å². The molecule has 0 bridgehead atoms. The first-order chi connectivity index (χ1) is 18.2. The molecule has 1 atom stereocenters. The number of aryl methyl sites for hydroxylation is 1. The Labute approximate surface area is 225 Å². The van der Waals surface area contributed by atoms with E-state index >= 15 is 0 Å². The van der Waals surface area contributed by atoms with E-state index in [0.29, 0.717) is 24.9 Å². The van der Waals surface area contributed by atoms with Crippen molar-refractivity contribution in [3.63, 3.8) is 0 Å². The molecule has 7 nitrogen and oxygen atoms in total. The van der Waals surface area contributed by atoms with Gasteiger partial charge in [0.15, 0.2) is 0 Å². The highest BCUT2D eigenvalue weighted by Crippen LogP contribution is 2.24. The van der Waals surface area contributed by atoms with E-state index < -0.39 is 11.6 Å². The number of rotatable bonds is 12. The molecule has 38 heavy (non-hydrogen) atoms. The number of nitrogens with one attached hydrogen (secondary N) is 2. The van der Waals surface area contributed by atoms with E-state index in [1.807, 2.05) is 85.8 Å². The molecule has 3 aromatic carbocycles. The van der Waals surface area contributed by atoms with Gasteiger partial charge in [-0.25, -0.2) is 0 Å². The maximum Gasteiger partial charge on any atom is 0.255 e. The zero-order valence-corrected chi connectivity index (χ0v) is 22.4. The molecule has 0 spiro atoms. The number of carbonyl (C=O) groups is 3. The number of nitrogens with zero attached hydrogens (tertiary/aromatic N) is 1. The van der Waals surface area contributed by atoms with Crippen LogP contribution in [-0.4, -0.2) is 47.4 Å². The molecular formula is C31H38N4O3. The minimum Gasteiger partial charge on any atom is -0.344 e. The Bertz CT molecular complexity index is 1210. The number of nitrogens with two attached hydrogens (primary N) is 1. The molecule has 3 amide bonds. The molecule has 3 rings (SSSR count). The number of hydrogen-bond acceptors (Lipinski definition) is 4. The predicted octanol–water partition coefficient (Wildman–Crippen LogP) is 4.13. The summed E-state index contributed by atoms with van der Waals surface area (Å²) >= 11 is 0. The van der Waals surface area contributed by atoms with Crippen molar-refractivity contribution < 1.29 is 14.4 Å². The molecule has 0 heterocycles. The normalized spacial score (nSPS) is 11.9. The van der Waals surface area contributed by atoms with Crippen molar-refractivity contribution in [2.24, 2.45) is 5.73 Å². The maximum absolute atomic E-state index is 13.5. The Kier molecular flexibility index (Phi) is 10.2. The van der Waals surface area contributed by atoms with Gasteiger partial charge in [0, 0.05) is 24.1 Å². The highest BCUT2D eigenvalue weighted by molar-refractivity contribution is 6.01. The molecule has 0 aromatic heterocycles. The fourth-order valence-corrected chi connectivity index (χ4v) is 4.22. The molecule has 7 heteroatoms. The summed E-state index contributed by atoms with van der Waals surface area (Å²) in [4.78, 5) is 40.9. The number of benzene rings is 3. The quantitative estimate of drug-likeness (QED) is 0.316. The molecule has 0 saturated carbocycles. The van der Waals surface area contributed by atoms with E-state index in [1.165, 1.54) is 0 Å². The van der Waals surface area contributed by atoms with Crippen molar-refractivity contribution >= 4 is 17.7 Å². The smallest absolute Gasteiger partial charge is 0.255 e. The Balaban J connectivity index is 1.71. The molecule has 0 aliphatic carbocycles. The van der Waals surface area contributed by atoms with Gasteiger partial charge in [-0.1, -0.05) is 78.9 Å². The third-order valence-corrected chi connectivity index (χ3v) is 6.19. The van der Waals surface area contributed by atoms with E-state index in [-0.39, 0.29) is 30.8 Å². The Hall–Kier alpha value is -3.97. The van der Waals surface area contributed by atoms with Gasteiger partial charge in [-0.05, 0) is 56.4 Å². The summed E-state index contributed by atoms with van der Waals surface area (Å²) in [5, 5.41) is 5.71. The average molecular weight is 515 g/mol. The fraction of sp³-hybridized carbons (Fsp3) is 0.323. The van der Waals surface area contributed by atoms with Crippen molar-refractivity contribution in [2.75, 3.05) is 13.2 Å². The molecule has 4 N–H and O–H groups in total. The van der Waals surface area contributed by atoms with Crippen LogP contribution in [0.5, 0.6) is 0 Å². The van der Waals surface area contributed by atoms with Crippen LogP contribution >= 0.6 is 0 Å². The molecule has 0 radical (unpaired) electrons. The van der Waals surface area contributed by atoms with Crippen LogP contribution in [0.4, 0.5) is 0 Å². The monoisotopic (exact) mass is 514 g/mol. The number of carbonyl (C=O) groups excluding carboxylic acids is 3. The third-order valence-electron chi connectivity index (χ3n) is 6.19. The molecule has 200 valence electrons. The summed E-state index contributed by atoms with van der Waals surface area (Å²) in [7, 11) is 0. The van der Waals surface area contributed by atoms with Crippen LogP contribution in [0.1, 0.15) is 49.5 Å². The van der Waals surface area contributed by atoms with E-state index in [2.05, 4.69) is 10.6 Å². The van der Waals surface area contributed by atoms with Crippen LogP contribution in [0.25, 0.3) is 11.1 Å². The van der Waals surface area contributed by atoms with Crippen LogP contribution < -0.4 is 16.4 Å². The topological polar surface area (TPSA) is 105 Å². The lowest BCUT2D eigenvalue weighted by Gasteiger charge is -2.26. The summed E-state index contributed by atoms with van der Waals surface area (Å²) in [6, 6.07) is 26.2. The zero-order chi connectivity index (χ0) is 27.5. The Morgan fingerprint density at radius 2 is 1.50 bits per heavy atom. The maximum atomic E-state index is 13.5. The lowest BCUT2D eigenvalue weighted by atomic mass is 9.99. The van der Waals surface area contributed by atoms with Gasteiger partial charge in [-0.2, -0.15) is 0 Å². The summed E-state index contributed by atoms with van der Waals surface area (Å²) in [6.45, 7) is 5.84. The van der Waals surface area contributed by atoms with Crippen LogP contribution in [0.2, 0.25) is 0 Å². The molecule has 0 aliphatic rings. The lowest BCUT2D eigenvalue weighted by Crippen LogP contribution is -2.51. The molecule has 0 fully saturated rings. The summed E-state index contributed by atoms with van der Waals surface area (Å²) in [5.41, 5.74) is 8.73. The zero-order valence-electron chi connectivity index (χ0n) is 22.4. The van der Waals surface area contributed by atoms with Gasteiger partial charge < -0.3 is 21.3 Å². The van der Waals surface area contributed by atoms with Crippen molar-refractivity contribution in [1.82, 2.24) is 15.5 Å². The SMILES string of the molecule is CCN(CNC(=O)C(CCc1ccccc1)NC(=O)CC(C)(C)N)C(=O)c1ccccc1-c1ccccc1. The summed E-state index contributed by atoms with van der Waals surface area (Å²) < 4.78 is 0. The largest absolute Gasteiger partial charge is 0.344 e. The Morgan fingerprint density at radius 1 is 0.895 bits per heavy atom. The van der Waals surface area contributed by atoms with Gasteiger partial charge >= 0.3 is 0 Å². The molecular weight excluding hydrogens is 476 g/mol. The highest BCUT2D eigenvalue weighted by atomic mass is 16.2. The molecule has 3 aromatic rings. The van der Waals surface area contributed by atoms with E-state index in [9.17, 15) is 14.4 Å². The average Bonchev–Trinajstić information content (AvgIpc) is 2.91. The first kappa shape index (κ1) is 28.6. The van der Waals surface area contributed by atoms with E-state index in [0.717, 1.165) is 16.7 Å². The molecule has 0 saturated heterocycles. The van der Waals surface area contributed by atoms with Crippen LogP contribution in [0.3, 0.4) is 0 Å². The van der Waals surface area contributed by atoms with Crippen LogP contribution in [0.15, 0.2) is 84.9 Å². The second-order valence-electron chi connectivity index (χ2n) is 10.1. The van der Waals surface area contributed by atoms with Crippen LogP contribution in [0, 0.1) is 0 Å². The highest BCUT2D eigenvalue weighted by Gasteiger charge is 2.25. The van der Waals surface area contributed by atoms with Crippen molar-refractivity contribution in [2.45, 2.75) is 51.6 Å². The summed E-state index contributed by atoms with van der Waals surface area (Å²) in [5.74, 6) is -0.806. The predicted molar refractivity (Wildman–Crippen MR) is 151 cm³/mol. The minimum atomic E-state index is -0.754. The van der Waals surface area contributed by atoms with Gasteiger partial charge in [0.25, 0.3) is 5.91 Å². The fourth-order valence-electron chi connectivity index (χ4n) is 4.22. The van der Waals surface area contributed by atoms with Gasteiger partial charge in [0.05, 0.1) is 6.67 Å². The first-order valence-corrected chi connectivity index (χ1v) is 13.0. The second-order valence-corrected chi connectivity index (χ2v) is 10.1. The van der Waals surface area contributed by atoms with Gasteiger partial charge in [0.2, 0.25) is 11.8 Å². The van der Waals surface area contributed by atoms with Gasteiger partial charge in [-0.15, -0.1) is 0 Å². The summed E-state index contributed by atoms with van der Waals surface area (Å²) in [6.07, 6.45) is 1.13. The standard InChI is InChI=1S/C31H38N4O3/c1-4-35(30(38)26-18-12-11-17-25(26)24-15-9-6-10-16-24)22-33-29(37)27(34-28(36)21-31(2,3)32)20-19-23-13-7-5-8-14-23/h5-18,27H,4,19-22,32H2,1-3H3,(H,33,37)(H,34,36). The molecule has 0 aliphatic heterocycles. The Morgan fingerprint density at radius 3 is 2.13 bits per heavy atom. The van der Waals surface area contributed by atoms with E-state index in [1.54, 1.807) is 24.8 Å². The third kappa shape index (κ3) is 8.56. The molecule has 1 unspecified atom stereocenters. The van der Waals surface area contributed by atoms with Crippen molar-refractivity contribution in [1.29, 1.82) is 0 Å². The van der Waals surface area contributed by atoms with Gasteiger partial charge in [-0.3, -0.25) is 14.4 Å². The number of amides is 3. The van der Waals surface area contributed by atoms with Crippen molar-refractivity contribution in [3.8, 4) is 11.1 Å². The minimum absolute atomic E-state index is 0.0252. The van der Waals surface area contributed by atoms with E-state index in [4.69, 9.17) is 5.73 Å².